The van der Waals surface area contributed by atoms with E-state index in [4.69, 9.17) is 0 Å². The molecule has 8 nitrogen and oxygen atoms in total. The van der Waals surface area contributed by atoms with Crippen molar-refractivity contribution < 1.29 is 4.79 Å². The molecular weight excluding hydrogens is 296 g/mol. The van der Waals surface area contributed by atoms with Crippen LogP contribution in [-0.4, -0.2) is 45.3 Å². The topological polar surface area (TPSA) is 95.9 Å². The van der Waals surface area contributed by atoms with Gasteiger partial charge in [0, 0.05) is 26.7 Å². The van der Waals surface area contributed by atoms with Crippen molar-refractivity contribution in [3.63, 3.8) is 0 Å². The number of amides is 1. The Morgan fingerprint density at radius 3 is 3.13 bits per heavy atom. The van der Waals surface area contributed by atoms with Crippen molar-refractivity contribution in [1.82, 2.24) is 25.1 Å². The molecule has 124 valence electrons. The number of aromatic nitrogens is 4. The Hall–Kier alpha value is -2.38. The first-order valence-corrected chi connectivity index (χ1v) is 8.05. The molecule has 1 amide bonds. The van der Waals surface area contributed by atoms with Gasteiger partial charge in [0.15, 0.2) is 5.65 Å². The van der Waals surface area contributed by atoms with Crippen LogP contribution in [0.4, 0.5) is 5.95 Å². The molecule has 1 unspecified atom stereocenters. The van der Waals surface area contributed by atoms with Crippen LogP contribution in [0.5, 0.6) is 0 Å². The van der Waals surface area contributed by atoms with Gasteiger partial charge in [0.25, 0.3) is 5.56 Å². The van der Waals surface area contributed by atoms with Gasteiger partial charge in [-0.05, 0) is 19.3 Å². The summed E-state index contributed by atoms with van der Waals surface area (Å²) in [7, 11) is 1.76. The fourth-order valence-electron chi connectivity index (χ4n) is 2.95. The van der Waals surface area contributed by atoms with Crippen LogP contribution in [0.15, 0.2) is 11.0 Å². The number of carbonyl (C=O) groups is 1. The van der Waals surface area contributed by atoms with Crippen molar-refractivity contribution in [2.24, 2.45) is 13.0 Å². The van der Waals surface area contributed by atoms with Gasteiger partial charge in [-0.2, -0.15) is 10.1 Å². The van der Waals surface area contributed by atoms with E-state index < -0.39 is 0 Å². The summed E-state index contributed by atoms with van der Waals surface area (Å²) in [6, 6.07) is 0. The third kappa shape index (κ3) is 3.06. The van der Waals surface area contributed by atoms with Crippen molar-refractivity contribution in [3.05, 3.63) is 16.6 Å². The van der Waals surface area contributed by atoms with E-state index in [0.717, 1.165) is 25.8 Å². The third-order valence-corrected chi connectivity index (χ3v) is 4.23. The second-order valence-electron chi connectivity index (χ2n) is 5.97. The minimum atomic E-state index is -0.198. The summed E-state index contributed by atoms with van der Waals surface area (Å²) in [6.45, 7) is 4.09. The molecule has 3 rings (SSSR count). The molecule has 2 aromatic heterocycles. The lowest BCUT2D eigenvalue weighted by atomic mass is 9.97. The van der Waals surface area contributed by atoms with Gasteiger partial charge < -0.3 is 10.2 Å². The fraction of sp³-hybridized carbons (Fsp3) is 0.600. The zero-order valence-electron chi connectivity index (χ0n) is 13.5. The highest BCUT2D eigenvalue weighted by atomic mass is 16.2. The lowest BCUT2D eigenvalue weighted by Crippen LogP contribution is -2.44. The number of aryl methyl sites for hydroxylation is 1. The number of H-pyrrole nitrogens is 1. The number of carbonyl (C=O) groups excluding carboxylic acids is 1. The number of nitrogens with zero attached hydrogens (tertiary/aromatic N) is 4. The zero-order chi connectivity index (χ0) is 16.4. The minimum Gasteiger partial charge on any atom is -0.356 e. The first-order valence-electron chi connectivity index (χ1n) is 8.05. The maximum Gasteiger partial charge on any atom is 0.263 e. The number of aromatic amines is 1. The number of anilines is 1. The van der Waals surface area contributed by atoms with Crippen molar-refractivity contribution >= 4 is 22.9 Å². The monoisotopic (exact) mass is 318 g/mol. The Balaban J connectivity index is 1.82. The van der Waals surface area contributed by atoms with Crippen molar-refractivity contribution in [1.29, 1.82) is 0 Å². The summed E-state index contributed by atoms with van der Waals surface area (Å²) in [5.41, 5.74) is 0.358. The Morgan fingerprint density at radius 1 is 1.52 bits per heavy atom. The normalized spacial score (nSPS) is 18.3. The van der Waals surface area contributed by atoms with Crippen LogP contribution in [-0.2, 0) is 11.8 Å². The highest BCUT2D eigenvalue weighted by Gasteiger charge is 2.27. The number of piperidine rings is 1. The Morgan fingerprint density at radius 2 is 2.35 bits per heavy atom. The van der Waals surface area contributed by atoms with Gasteiger partial charge >= 0.3 is 0 Å². The molecule has 1 fully saturated rings. The van der Waals surface area contributed by atoms with Crippen LogP contribution in [0.25, 0.3) is 11.0 Å². The van der Waals surface area contributed by atoms with Gasteiger partial charge in [-0.3, -0.25) is 19.3 Å². The average Bonchev–Trinajstić information content (AvgIpc) is 2.94. The summed E-state index contributed by atoms with van der Waals surface area (Å²) < 4.78 is 1.59. The molecule has 2 N–H and O–H groups in total. The second-order valence-corrected chi connectivity index (χ2v) is 5.97. The molecule has 1 aliphatic heterocycles. The van der Waals surface area contributed by atoms with E-state index in [1.54, 1.807) is 11.7 Å². The zero-order valence-corrected chi connectivity index (χ0v) is 13.5. The Kier molecular flexibility index (Phi) is 4.31. The maximum atomic E-state index is 12.2. The summed E-state index contributed by atoms with van der Waals surface area (Å²) in [6.07, 6.45) is 4.21. The van der Waals surface area contributed by atoms with E-state index in [2.05, 4.69) is 20.4 Å². The van der Waals surface area contributed by atoms with E-state index in [9.17, 15) is 9.59 Å². The van der Waals surface area contributed by atoms with Crippen LogP contribution in [0, 0.1) is 5.92 Å². The molecule has 0 bridgehead atoms. The van der Waals surface area contributed by atoms with E-state index in [0.29, 0.717) is 30.1 Å². The maximum absolute atomic E-state index is 12.2. The van der Waals surface area contributed by atoms with Crippen molar-refractivity contribution in [3.8, 4) is 0 Å². The highest BCUT2D eigenvalue weighted by molar-refractivity contribution is 5.79. The molecule has 23 heavy (non-hydrogen) atoms. The predicted molar refractivity (Wildman–Crippen MR) is 87.4 cm³/mol. The van der Waals surface area contributed by atoms with Crippen LogP contribution >= 0.6 is 0 Å². The number of hydrogen-bond donors (Lipinski definition) is 2. The van der Waals surface area contributed by atoms with Crippen LogP contribution in [0.2, 0.25) is 0 Å². The van der Waals surface area contributed by atoms with Crippen molar-refractivity contribution in [2.45, 2.75) is 26.2 Å². The summed E-state index contributed by atoms with van der Waals surface area (Å²) in [5.74, 6) is 0.530. The molecule has 0 spiro atoms. The van der Waals surface area contributed by atoms with E-state index in [1.807, 2.05) is 11.8 Å². The molecule has 0 aromatic carbocycles. The second kappa shape index (κ2) is 6.39. The number of hydrogen-bond acceptors (Lipinski definition) is 5. The summed E-state index contributed by atoms with van der Waals surface area (Å²) in [5, 5.41) is 7.50. The van der Waals surface area contributed by atoms with E-state index in [-0.39, 0.29) is 17.4 Å². The number of rotatable bonds is 4. The smallest absolute Gasteiger partial charge is 0.263 e. The first-order chi connectivity index (χ1) is 11.1. The lowest BCUT2D eigenvalue weighted by Gasteiger charge is -2.32. The van der Waals surface area contributed by atoms with Gasteiger partial charge in [0.05, 0.1) is 12.1 Å². The van der Waals surface area contributed by atoms with Crippen LogP contribution in [0.1, 0.15) is 26.2 Å². The molecule has 2 aromatic rings. The van der Waals surface area contributed by atoms with Gasteiger partial charge in [0.1, 0.15) is 5.39 Å². The molecular formula is C15H22N6O2. The Bertz CT molecular complexity index is 765. The minimum absolute atomic E-state index is 0.0668. The Labute approximate surface area is 133 Å². The standard InChI is InChI=1S/C15H22N6O2/c1-3-6-16-13(22)10-5-4-7-21(9-10)15-18-12-11(14(23)19-15)8-17-20(12)2/h8,10H,3-7,9H2,1-2H3,(H,16,22)(H,18,19,23). The predicted octanol–water partition coefficient (Wildman–Crippen LogP) is 0.399. The average molecular weight is 318 g/mol. The highest BCUT2D eigenvalue weighted by Crippen LogP contribution is 2.21. The molecule has 8 heteroatoms. The third-order valence-electron chi connectivity index (χ3n) is 4.23. The SMILES string of the molecule is CCCNC(=O)C1CCCN(c2nc3c(cnn3C)c(=O)[nH]2)C1. The molecule has 3 heterocycles. The quantitative estimate of drug-likeness (QED) is 0.850. The molecule has 1 atom stereocenters. The number of fused-ring (bicyclic) bond motifs is 1. The fourth-order valence-corrected chi connectivity index (χ4v) is 2.95. The first kappa shape index (κ1) is 15.5. The van der Waals surface area contributed by atoms with Crippen LogP contribution in [0.3, 0.4) is 0 Å². The largest absolute Gasteiger partial charge is 0.356 e. The molecule has 0 radical (unpaired) electrons. The van der Waals surface area contributed by atoms with Gasteiger partial charge in [-0.1, -0.05) is 6.92 Å². The van der Waals surface area contributed by atoms with Crippen LogP contribution < -0.4 is 15.8 Å². The van der Waals surface area contributed by atoms with Gasteiger partial charge in [-0.25, -0.2) is 0 Å². The molecule has 1 saturated heterocycles. The summed E-state index contributed by atoms with van der Waals surface area (Å²) in [4.78, 5) is 33.6. The van der Waals surface area contributed by atoms with Crippen molar-refractivity contribution in [2.75, 3.05) is 24.5 Å². The summed E-state index contributed by atoms with van der Waals surface area (Å²) >= 11 is 0. The lowest BCUT2D eigenvalue weighted by molar-refractivity contribution is -0.125. The van der Waals surface area contributed by atoms with E-state index in [1.165, 1.54) is 6.20 Å². The molecule has 1 aliphatic rings. The number of nitrogens with one attached hydrogen (secondary N) is 2. The van der Waals surface area contributed by atoms with Gasteiger partial charge in [0.2, 0.25) is 11.9 Å². The van der Waals surface area contributed by atoms with Gasteiger partial charge in [-0.15, -0.1) is 0 Å². The van der Waals surface area contributed by atoms with E-state index >= 15 is 0 Å². The molecule has 0 aliphatic carbocycles. The molecule has 0 saturated carbocycles.